The van der Waals surface area contributed by atoms with Crippen LogP contribution in [0.25, 0.3) is 0 Å². The van der Waals surface area contributed by atoms with Crippen molar-refractivity contribution in [2.45, 2.75) is 24.9 Å². The van der Waals surface area contributed by atoms with Crippen LogP contribution in [0.3, 0.4) is 0 Å². The number of hydrogen-bond acceptors (Lipinski definition) is 2. The Morgan fingerprint density at radius 2 is 2.18 bits per heavy atom. The first-order valence-corrected chi connectivity index (χ1v) is 5.66. The molecule has 2 atom stereocenters. The van der Waals surface area contributed by atoms with Gasteiger partial charge >= 0.3 is 6.18 Å². The van der Waals surface area contributed by atoms with Crippen molar-refractivity contribution in [1.29, 1.82) is 0 Å². The van der Waals surface area contributed by atoms with Gasteiger partial charge in [-0.2, -0.15) is 13.2 Å². The molecule has 0 aromatic carbocycles. The minimum Gasteiger partial charge on any atom is -0.384 e. The molecule has 0 aromatic rings. The first-order chi connectivity index (χ1) is 7.73. The fourth-order valence-electron chi connectivity index (χ4n) is 2.02. The Morgan fingerprint density at radius 1 is 1.59 bits per heavy atom. The molecule has 0 N–H and O–H groups in total. The predicted octanol–water partition coefficient (Wildman–Crippen LogP) is 2.04. The van der Waals surface area contributed by atoms with Crippen LogP contribution in [-0.4, -0.2) is 49.2 Å². The number of ether oxygens (including phenoxy) is 1. The quantitative estimate of drug-likeness (QED) is 0.737. The van der Waals surface area contributed by atoms with Gasteiger partial charge in [-0.3, -0.25) is 4.79 Å². The van der Waals surface area contributed by atoms with E-state index in [0.29, 0.717) is 0 Å². The Kier molecular flexibility index (Phi) is 4.30. The van der Waals surface area contributed by atoms with Crippen molar-refractivity contribution >= 4 is 17.5 Å². The molecule has 7 heteroatoms. The van der Waals surface area contributed by atoms with E-state index in [1.807, 2.05) is 0 Å². The minimum atomic E-state index is -4.38. The van der Waals surface area contributed by atoms with Gasteiger partial charge < -0.3 is 9.64 Å². The van der Waals surface area contributed by atoms with Gasteiger partial charge in [0, 0.05) is 20.2 Å². The fourth-order valence-corrected chi connectivity index (χ4v) is 2.16. The number of carbonyl (C=O) groups is 1. The molecule has 0 unspecified atom stereocenters. The normalized spacial score (nSPS) is 27.3. The summed E-state index contributed by atoms with van der Waals surface area (Å²) in [6, 6.07) is 0. The van der Waals surface area contributed by atoms with Gasteiger partial charge in [-0.15, -0.1) is 11.6 Å². The molecule has 100 valence electrons. The van der Waals surface area contributed by atoms with Crippen LogP contribution in [0.5, 0.6) is 0 Å². The average molecular weight is 274 g/mol. The zero-order chi connectivity index (χ0) is 13.3. The zero-order valence-electron chi connectivity index (χ0n) is 9.68. The van der Waals surface area contributed by atoms with E-state index in [-0.39, 0.29) is 19.5 Å². The lowest BCUT2D eigenvalue weighted by atomic mass is 9.87. The maximum atomic E-state index is 13.0. The maximum absolute atomic E-state index is 13.0. The molecule has 1 rings (SSSR count). The highest BCUT2D eigenvalue weighted by Crippen LogP contribution is 2.45. The minimum absolute atomic E-state index is 0.0682. The van der Waals surface area contributed by atoms with Crippen molar-refractivity contribution in [2.75, 3.05) is 26.8 Å². The molecule has 0 aromatic heterocycles. The second-order valence-electron chi connectivity index (χ2n) is 4.34. The molecule has 1 saturated heterocycles. The van der Waals surface area contributed by atoms with Gasteiger partial charge in [0.2, 0.25) is 5.91 Å². The van der Waals surface area contributed by atoms with E-state index in [1.54, 1.807) is 0 Å². The van der Waals surface area contributed by atoms with Crippen molar-refractivity contribution in [2.24, 2.45) is 5.41 Å². The van der Waals surface area contributed by atoms with Crippen molar-refractivity contribution in [3.05, 3.63) is 0 Å². The summed E-state index contributed by atoms with van der Waals surface area (Å²) in [4.78, 5) is 12.7. The zero-order valence-corrected chi connectivity index (χ0v) is 10.4. The lowest BCUT2D eigenvalue weighted by Gasteiger charge is -2.31. The summed E-state index contributed by atoms with van der Waals surface area (Å²) in [6.07, 6.45) is -4.52. The highest BCUT2D eigenvalue weighted by molar-refractivity contribution is 6.30. The molecular weight excluding hydrogens is 259 g/mol. The first kappa shape index (κ1) is 14.6. The fraction of sp³-hybridized carbons (Fsp3) is 0.900. The van der Waals surface area contributed by atoms with Gasteiger partial charge in [-0.25, -0.2) is 0 Å². The van der Waals surface area contributed by atoms with Gasteiger partial charge in [0.15, 0.2) is 0 Å². The van der Waals surface area contributed by atoms with Crippen LogP contribution >= 0.6 is 11.6 Å². The topological polar surface area (TPSA) is 29.5 Å². The summed E-state index contributed by atoms with van der Waals surface area (Å²) < 4.78 is 43.6. The molecule has 17 heavy (non-hydrogen) atoms. The van der Waals surface area contributed by atoms with Crippen molar-refractivity contribution in [3.8, 4) is 0 Å². The molecule has 1 fully saturated rings. The standard InChI is InChI=1S/C10H15ClF3NO2/c1-7(11)8(16)15-4-3-9(5-15,6-17-2)10(12,13)14/h7H,3-6H2,1-2H3/t7-,9+/m1/s1. The van der Waals surface area contributed by atoms with E-state index in [9.17, 15) is 18.0 Å². The Morgan fingerprint density at radius 3 is 2.59 bits per heavy atom. The monoisotopic (exact) mass is 273 g/mol. The smallest absolute Gasteiger partial charge is 0.384 e. The molecular formula is C10H15ClF3NO2. The molecule has 0 radical (unpaired) electrons. The van der Waals surface area contributed by atoms with Gasteiger partial charge in [0.25, 0.3) is 0 Å². The van der Waals surface area contributed by atoms with Crippen LogP contribution < -0.4 is 0 Å². The number of methoxy groups -OCH3 is 1. The third-order valence-electron chi connectivity index (χ3n) is 3.03. The summed E-state index contributed by atoms with van der Waals surface area (Å²) in [5.74, 6) is -0.464. The summed E-state index contributed by atoms with van der Waals surface area (Å²) in [5, 5.41) is -0.804. The summed E-state index contributed by atoms with van der Waals surface area (Å²) in [7, 11) is 1.22. The number of hydrogen-bond donors (Lipinski definition) is 0. The predicted molar refractivity (Wildman–Crippen MR) is 56.9 cm³/mol. The summed E-state index contributed by atoms with van der Waals surface area (Å²) in [5.41, 5.74) is -1.96. The molecule has 1 aliphatic rings. The highest BCUT2D eigenvalue weighted by Gasteiger charge is 2.58. The molecule has 1 aliphatic heterocycles. The molecule has 3 nitrogen and oxygen atoms in total. The lowest BCUT2D eigenvalue weighted by molar-refractivity contribution is -0.232. The van der Waals surface area contributed by atoms with E-state index >= 15 is 0 Å². The van der Waals surface area contributed by atoms with Crippen LogP contribution in [0.15, 0.2) is 0 Å². The van der Waals surface area contributed by atoms with E-state index in [2.05, 4.69) is 4.74 Å². The maximum Gasteiger partial charge on any atom is 0.398 e. The summed E-state index contributed by atoms with van der Waals surface area (Å²) >= 11 is 5.59. The van der Waals surface area contributed by atoms with Crippen molar-refractivity contribution in [1.82, 2.24) is 4.90 Å². The first-order valence-electron chi connectivity index (χ1n) is 5.22. The van der Waals surface area contributed by atoms with Crippen LogP contribution in [0, 0.1) is 5.41 Å². The number of nitrogens with zero attached hydrogens (tertiary/aromatic N) is 1. The van der Waals surface area contributed by atoms with Crippen LogP contribution in [-0.2, 0) is 9.53 Å². The number of alkyl halides is 4. The second kappa shape index (κ2) is 5.02. The van der Waals surface area contributed by atoms with Crippen LogP contribution in [0.2, 0.25) is 0 Å². The van der Waals surface area contributed by atoms with Crippen molar-refractivity contribution < 1.29 is 22.7 Å². The molecule has 0 saturated carbocycles. The lowest BCUT2D eigenvalue weighted by Crippen LogP contribution is -2.45. The van der Waals surface area contributed by atoms with E-state index in [4.69, 9.17) is 11.6 Å². The third-order valence-corrected chi connectivity index (χ3v) is 3.21. The Hall–Kier alpha value is -0.490. The second-order valence-corrected chi connectivity index (χ2v) is 4.99. The van der Waals surface area contributed by atoms with Crippen molar-refractivity contribution in [3.63, 3.8) is 0 Å². The van der Waals surface area contributed by atoms with Gasteiger partial charge in [-0.05, 0) is 13.3 Å². The molecule has 0 aliphatic carbocycles. The Balaban J connectivity index is 2.83. The van der Waals surface area contributed by atoms with E-state index < -0.39 is 29.5 Å². The number of rotatable bonds is 3. The summed E-state index contributed by atoms with van der Waals surface area (Å²) in [6.45, 7) is 0.712. The number of halogens is 4. The van der Waals surface area contributed by atoms with Crippen LogP contribution in [0.1, 0.15) is 13.3 Å². The van der Waals surface area contributed by atoms with Gasteiger partial charge in [0.05, 0.1) is 6.61 Å². The van der Waals surface area contributed by atoms with Gasteiger partial charge in [-0.1, -0.05) is 0 Å². The van der Waals surface area contributed by atoms with E-state index in [1.165, 1.54) is 14.0 Å². The number of carbonyl (C=O) groups excluding carboxylic acids is 1. The molecule has 1 amide bonds. The van der Waals surface area contributed by atoms with E-state index in [0.717, 1.165) is 4.90 Å². The van der Waals surface area contributed by atoms with Gasteiger partial charge in [0.1, 0.15) is 10.8 Å². The number of amides is 1. The molecule has 0 spiro atoms. The SMILES string of the molecule is COC[C@]1(C(F)(F)F)CCN(C(=O)[C@@H](C)Cl)C1. The molecule has 0 bridgehead atoms. The Bertz CT molecular complexity index is 296. The highest BCUT2D eigenvalue weighted by atomic mass is 35.5. The Labute approximate surface area is 103 Å². The third kappa shape index (κ3) is 2.85. The average Bonchev–Trinajstić information content (AvgIpc) is 2.62. The number of likely N-dealkylation sites (tertiary alicyclic amines) is 1. The largest absolute Gasteiger partial charge is 0.398 e. The van der Waals surface area contributed by atoms with Crippen LogP contribution in [0.4, 0.5) is 13.2 Å². The molecule has 1 heterocycles.